The van der Waals surface area contributed by atoms with Crippen molar-refractivity contribution >= 4 is 16.9 Å². The summed E-state index contributed by atoms with van der Waals surface area (Å²) < 4.78 is 12.0. The fraction of sp³-hybridized carbons (Fsp3) is 0.455. The van der Waals surface area contributed by atoms with Gasteiger partial charge in [0, 0.05) is 23.7 Å². The fourth-order valence-corrected chi connectivity index (χ4v) is 6.34. The zero-order valence-corrected chi connectivity index (χ0v) is 23.1. The number of piperidine rings is 3. The van der Waals surface area contributed by atoms with E-state index in [-0.39, 0.29) is 17.9 Å². The molecule has 200 valence electrons. The predicted octanol–water partition coefficient (Wildman–Crippen LogP) is 6.73. The van der Waals surface area contributed by atoms with E-state index in [9.17, 15) is 4.79 Å². The molecule has 1 unspecified atom stereocenters. The van der Waals surface area contributed by atoms with Crippen LogP contribution in [0.4, 0.5) is 0 Å². The Morgan fingerprint density at radius 3 is 2.61 bits per heavy atom. The lowest BCUT2D eigenvalue weighted by Gasteiger charge is -2.51. The van der Waals surface area contributed by atoms with E-state index in [1.165, 1.54) is 5.56 Å². The lowest BCUT2D eigenvalue weighted by molar-refractivity contribution is -0.158. The molecule has 5 nitrogen and oxygen atoms in total. The van der Waals surface area contributed by atoms with Crippen LogP contribution in [0.5, 0.6) is 5.75 Å². The van der Waals surface area contributed by atoms with Gasteiger partial charge in [0.25, 0.3) is 0 Å². The van der Waals surface area contributed by atoms with Gasteiger partial charge in [-0.25, -0.2) is 0 Å². The maximum atomic E-state index is 13.7. The summed E-state index contributed by atoms with van der Waals surface area (Å²) in [6.45, 7) is 12.5. The zero-order chi connectivity index (χ0) is 26.8. The molecule has 4 heterocycles. The Kier molecular flexibility index (Phi) is 7.85. The molecule has 2 aromatic carbocycles. The highest BCUT2D eigenvalue weighted by Crippen LogP contribution is 2.44. The second-order valence-corrected chi connectivity index (χ2v) is 11.4. The van der Waals surface area contributed by atoms with Crippen molar-refractivity contribution in [2.24, 2.45) is 17.8 Å². The van der Waals surface area contributed by atoms with Gasteiger partial charge < -0.3 is 9.47 Å². The SMILES string of the molecule is C=C[C@H]1CN2CC[C@H]1C[C@H]2[C@@H](OC(=O)[C@@H](C)c1ccc(CC(C)C)cc1)c1ccnc2ccc(OC)cc12. The number of aromatic nitrogens is 1. The standard InChI is InChI=1S/C33H40N2O3/c1-6-24-20-35-16-14-26(24)18-31(35)32(28-13-15-34-30-12-11-27(37-5)19-29(28)30)38-33(36)22(4)25-9-7-23(8-10-25)17-21(2)3/h6-13,15,19,21-22,24,26,31-32H,1,14,16-18,20H2,2-5H3/t22-,24-,26-,31-,32-/m0/s1. The summed E-state index contributed by atoms with van der Waals surface area (Å²) in [4.78, 5) is 20.8. The molecular formula is C33H40N2O3. The van der Waals surface area contributed by atoms with E-state index in [1.54, 1.807) is 7.11 Å². The molecule has 6 rings (SSSR count). The quantitative estimate of drug-likeness (QED) is 0.235. The van der Waals surface area contributed by atoms with Crippen LogP contribution in [0.3, 0.4) is 0 Å². The van der Waals surface area contributed by atoms with Crippen LogP contribution >= 0.6 is 0 Å². The van der Waals surface area contributed by atoms with Crippen LogP contribution in [0.2, 0.25) is 0 Å². The van der Waals surface area contributed by atoms with Crippen molar-refractivity contribution in [3.63, 3.8) is 0 Å². The molecule has 0 aliphatic carbocycles. The van der Waals surface area contributed by atoms with Crippen molar-refractivity contribution in [1.82, 2.24) is 9.88 Å². The lowest BCUT2D eigenvalue weighted by atomic mass is 9.73. The number of esters is 1. The third-order valence-corrected chi connectivity index (χ3v) is 8.51. The van der Waals surface area contributed by atoms with Crippen molar-refractivity contribution in [3.05, 3.63) is 84.1 Å². The average molecular weight is 513 g/mol. The number of methoxy groups -OCH3 is 1. The number of carbonyl (C=O) groups is 1. The monoisotopic (exact) mass is 512 g/mol. The highest BCUT2D eigenvalue weighted by atomic mass is 16.5. The summed E-state index contributed by atoms with van der Waals surface area (Å²) in [5.41, 5.74) is 4.15. The summed E-state index contributed by atoms with van der Waals surface area (Å²) in [6, 6.07) is 16.5. The first-order valence-corrected chi connectivity index (χ1v) is 14.0. The van der Waals surface area contributed by atoms with Gasteiger partial charge in [-0.3, -0.25) is 14.7 Å². The van der Waals surface area contributed by atoms with E-state index in [2.05, 4.69) is 60.7 Å². The third kappa shape index (κ3) is 5.35. The molecule has 0 spiro atoms. The minimum Gasteiger partial charge on any atom is -0.497 e. The second-order valence-electron chi connectivity index (χ2n) is 11.4. The second kappa shape index (κ2) is 11.3. The highest BCUT2D eigenvalue weighted by molar-refractivity contribution is 5.85. The number of ether oxygens (including phenoxy) is 2. The van der Waals surface area contributed by atoms with E-state index >= 15 is 0 Å². The van der Waals surface area contributed by atoms with Gasteiger partial charge in [0.1, 0.15) is 11.9 Å². The fourth-order valence-electron chi connectivity index (χ4n) is 6.34. The van der Waals surface area contributed by atoms with Gasteiger partial charge in [-0.15, -0.1) is 6.58 Å². The van der Waals surface area contributed by atoms with Crippen LogP contribution in [0.25, 0.3) is 10.9 Å². The summed E-state index contributed by atoms with van der Waals surface area (Å²) in [6.07, 6.45) is 6.72. The molecular weight excluding hydrogens is 472 g/mol. The molecule has 3 aliphatic heterocycles. The summed E-state index contributed by atoms with van der Waals surface area (Å²) >= 11 is 0. The Labute approximate surface area is 226 Å². The van der Waals surface area contributed by atoms with Crippen LogP contribution in [0, 0.1) is 17.8 Å². The van der Waals surface area contributed by atoms with E-state index < -0.39 is 6.10 Å². The molecule has 2 bridgehead atoms. The number of hydrogen-bond donors (Lipinski definition) is 0. The maximum Gasteiger partial charge on any atom is 0.313 e. The van der Waals surface area contributed by atoms with Crippen LogP contribution in [-0.2, 0) is 16.0 Å². The Hall–Kier alpha value is -3.18. The maximum absolute atomic E-state index is 13.7. The third-order valence-electron chi connectivity index (χ3n) is 8.51. The number of rotatable bonds is 9. The predicted molar refractivity (Wildman–Crippen MR) is 152 cm³/mol. The van der Waals surface area contributed by atoms with Crippen molar-refractivity contribution in [2.45, 2.75) is 58.1 Å². The van der Waals surface area contributed by atoms with Gasteiger partial charge >= 0.3 is 5.97 Å². The number of hydrogen-bond acceptors (Lipinski definition) is 5. The topological polar surface area (TPSA) is 51.7 Å². The van der Waals surface area contributed by atoms with Gasteiger partial charge in [0.15, 0.2) is 0 Å². The van der Waals surface area contributed by atoms with Crippen LogP contribution < -0.4 is 4.74 Å². The highest BCUT2D eigenvalue weighted by Gasteiger charge is 2.44. The van der Waals surface area contributed by atoms with E-state index in [4.69, 9.17) is 9.47 Å². The van der Waals surface area contributed by atoms with E-state index in [1.807, 2.05) is 37.4 Å². The van der Waals surface area contributed by atoms with Gasteiger partial charge in [-0.1, -0.05) is 44.2 Å². The number of carbonyl (C=O) groups excluding carboxylic acids is 1. The molecule has 1 aromatic heterocycles. The Morgan fingerprint density at radius 2 is 1.95 bits per heavy atom. The number of pyridine rings is 1. The number of fused-ring (bicyclic) bond motifs is 4. The minimum absolute atomic E-state index is 0.117. The number of nitrogens with zero attached hydrogens (tertiary/aromatic N) is 2. The summed E-state index contributed by atoms with van der Waals surface area (Å²) in [7, 11) is 1.67. The summed E-state index contributed by atoms with van der Waals surface area (Å²) in [5.74, 6) is 1.88. The molecule has 3 aromatic rings. The molecule has 3 aliphatic rings. The van der Waals surface area contributed by atoms with Crippen molar-refractivity contribution in [3.8, 4) is 5.75 Å². The molecule has 3 saturated heterocycles. The Morgan fingerprint density at radius 1 is 1.16 bits per heavy atom. The van der Waals surface area contributed by atoms with Gasteiger partial charge in [0.05, 0.1) is 24.6 Å². The molecule has 0 N–H and O–H groups in total. The first kappa shape index (κ1) is 26.4. The molecule has 38 heavy (non-hydrogen) atoms. The van der Waals surface area contributed by atoms with Crippen LogP contribution in [0.15, 0.2) is 67.4 Å². The van der Waals surface area contributed by atoms with Crippen LogP contribution in [-0.4, -0.2) is 42.1 Å². The first-order valence-electron chi connectivity index (χ1n) is 14.0. The Bertz CT molecular complexity index is 1290. The van der Waals surface area contributed by atoms with Crippen LogP contribution in [0.1, 0.15) is 62.3 Å². The molecule has 6 atom stereocenters. The van der Waals surface area contributed by atoms with Gasteiger partial charge in [0.2, 0.25) is 0 Å². The van der Waals surface area contributed by atoms with Gasteiger partial charge in [-0.05, 0) is 85.9 Å². The average Bonchev–Trinajstić information content (AvgIpc) is 2.95. The molecule has 5 heteroatoms. The van der Waals surface area contributed by atoms with Gasteiger partial charge in [-0.2, -0.15) is 0 Å². The van der Waals surface area contributed by atoms with Crippen molar-refractivity contribution in [2.75, 3.05) is 20.2 Å². The first-order chi connectivity index (χ1) is 18.4. The smallest absolute Gasteiger partial charge is 0.313 e. The lowest BCUT2D eigenvalue weighted by Crippen LogP contribution is -2.55. The largest absolute Gasteiger partial charge is 0.497 e. The molecule has 0 saturated carbocycles. The number of benzene rings is 2. The van der Waals surface area contributed by atoms with Crippen molar-refractivity contribution < 1.29 is 14.3 Å². The van der Waals surface area contributed by atoms with E-state index in [0.717, 1.165) is 60.1 Å². The zero-order valence-electron chi connectivity index (χ0n) is 23.1. The minimum atomic E-state index is -0.392. The molecule has 3 fully saturated rings. The Balaban J connectivity index is 1.47. The molecule has 0 amide bonds. The summed E-state index contributed by atoms with van der Waals surface area (Å²) in [5, 5.41) is 0.971. The van der Waals surface area contributed by atoms with Crippen molar-refractivity contribution in [1.29, 1.82) is 0 Å². The molecule has 0 radical (unpaired) electrons. The van der Waals surface area contributed by atoms with E-state index in [0.29, 0.717) is 17.8 Å². The normalized spacial score (nSPS) is 24.2.